The quantitative estimate of drug-likeness (QED) is 0.541. The molecule has 1 aliphatic rings. The molecule has 56 valence electrons. The van der Waals surface area contributed by atoms with Crippen molar-refractivity contribution in [2.45, 2.75) is 19.8 Å². The molecular formula is C8H13NO. The van der Waals surface area contributed by atoms with Gasteiger partial charge >= 0.3 is 0 Å². The number of piperidine rings is 1. The third kappa shape index (κ3) is 1.59. The number of carbonyl (C=O) groups is 1. The van der Waals surface area contributed by atoms with Crippen LogP contribution in [0.1, 0.15) is 19.8 Å². The molecule has 2 heteroatoms. The van der Waals surface area contributed by atoms with Gasteiger partial charge in [-0.25, -0.2) is 0 Å². The lowest BCUT2D eigenvalue weighted by Crippen LogP contribution is -2.33. The number of rotatable bonds is 1. The summed E-state index contributed by atoms with van der Waals surface area (Å²) in [6.45, 7) is 6.64. The predicted octanol–water partition coefficient (Wildman–Crippen LogP) is 1.09. The van der Waals surface area contributed by atoms with Crippen LogP contribution in [0.3, 0.4) is 0 Å². The zero-order chi connectivity index (χ0) is 7.56. The van der Waals surface area contributed by atoms with Crippen molar-refractivity contribution in [3.63, 3.8) is 0 Å². The Bertz CT molecular complexity index is 161. The van der Waals surface area contributed by atoms with Gasteiger partial charge in [-0.15, -0.1) is 0 Å². The van der Waals surface area contributed by atoms with E-state index in [1.54, 1.807) is 0 Å². The maximum atomic E-state index is 10.8. The number of nitrogens with one attached hydrogen (secondary N) is 1. The highest BCUT2D eigenvalue weighted by atomic mass is 16.1. The fraction of sp³-hybridized carbons (Fsp3) is 0.625. The minimum atomic E-state index is 0.166. The lowest BCUT2D eigenvalue weighted by molar-refractivity contribution is -0.123. The van der Waals surface area contributed by atoms with Gasteiger partial charge in [0.1, 0.15) is 0 Å². The molecule has 0 saturated carbocycles. The van der Waals surface area contributed by atoms with E-state index in [-0.39, 0.29) is 5.91 Å². The topological polar surface area (TPSA) is 29.1 Å². The van der Waals surface area contributed by atoms with Crippen molar-refractivity contribution in [3.05, 3.63) is 12.2 Å². The highest BCUT2D eigenvalue weighted by Gasteiger charge is 2.18. The van der Waals surface area contributed by atoms with E-state index in [2.05, 4.69) is 11.9 Å². The number of carbonyl (C=O) groups excluding carboxylic acids is 1. The van der Waals surface area contributed by atoms with E-state index in [1.165, 1.54) is 0 Å². The molecule has 1 aliphatic heterocycles. The van der Waals surface area contributed by atoms with Gasteiger partial charge in [0.2, 0.25) is 5.91 Å². The molecule has 1 N–H and O–H groups in total. The standard InChI is InChI=1S/C8H13NO/c1-6(2)7-3-4-9-8(10)5-7/h7H,1,3-5H2,2H3,(H,9,10). The van der Waals surface area contributed by atoms with Gasteiger partial charge in [0.25, 0.3) is 0 Å². The third-order valence-electron chi connectivity index (χ3n) is 1.94. The summed E-state index contributed by atoms with van der Waals surface area (Å²) < 4.78 is 0. The average Bonchev–Trinajstić information content (AvgIpc) is 1.88. The Balaban J connectivity index is 2.47. The van der Waals surface area contributed by atoms with E-state index < -0.39 is 0 Å². The average molecular weight is 139 g/mol. The van der Waals surface area contributed by atoms with Crippen LogP contribution in [0.15, 0.2) is 12.2 Å². The molecule has 1 fully saturated rings. The Morgan fingerprint density at radius 3 is 2.90 bits per heavy atom. The summed E-state index contributed by atoms with van der Waals surface area (Å²) in [4.78, 5) is 10.8. The lowest BCUT2D eigenvalue weighted by atomic mass is 9.92. The summed E-state index contributed by atoms with van der Waals surface area (Å²) in [5, 5.41) is 2.79. The molecule has 1 saturated heterocycles. The van der Waals surface area contributed by atoms with Crippen LogP contribution in [0, 0.1) is 5.92 Å². The van der Waals surface area contributed by atoms with E-state index in [1.807, 2.05) is 6.92 Å². The zero-order valence-electron chi connectivity index (χ0n) is 6.31. The molecule has 1 amide bonds. The molecule has 1 unspecified atom stereocenters. The maximum Gasteiger partial charge on any atom is 0.220 e. The number of allylic oxidation sites excluding steroid dienone is 1. The summed E-state index contributed by atoms with van der Waals surface area (Å²) in [5.41, 5.74) is 1.13. The number of hydrogen-bond donors (Lipinski definition) is 1. The molecule has 1 rings (SSSR count). The van der Waals surface area contributed by atoms with Crippen LogP contribution >= 0.6 is 0 Å². The molecule has 2 nitrogen and oxygen atoms in total. The van der Waals surface area contributed by atoms with Gasteiger partial charge in [0.15, 0.2) is 0 Å². The molecule has 0 spiro atoms. The van der Waals surface area contributed by atoms with E-state index in [9.17, 15) is 4.79 Å². The Morgan fingerprint density at radius 1 is 1.80 bits per heavy atom. The van der Waals surface area contributed by atoms with Crippen molar-refractivity contribution in [2.24, 2.45) is 5.92 Å². The van der Waals surface area contributed by atoms with E-state index in [0.717, 1.165) is 18.5 Å². The fourth-order valence-corrected chi connectivity index (χ4v) is 1.20. The van der Waals surface area contributed by atoms with Gasteiger partial charge < -0.3 is 5.32 Å². The zero-order valence-corrected chi connectivity index (χ0v) is 6.31. The summed E-state index contributed by atoms with van der Waals surface area (Å²) in [5.74, 6) is 0.591. The second-order valence-corrected chi connectivity index (χ2v) is 2.89. The smallest absolute Gasteiger partial charge is 0.220 e. The first-order chi connectivity index (χ1) is 4.70. The van der Waals surface area contributed by atoms with E-state index in [0.29, 0.717) is 12.3 Å². The van der Waals surface area contributed by atoms with Crippen LogP contribution in [0.4, 0.5) is 0 Å². The van der Waals surface area contributed by atoms with Crippen molar-refractivity contribution < 1.29 is 4.79 Å². The van der Waals surface area contributed by atoms with Crippen molar-refractivity contribution in [1.82, 2.24) is 5.32 Å². The maximum absolute atomic E-state index is 10.8. The van der Waals surface area contributed by atoms with Crippen molar-refractivity contribution in [2.75, 3.05) is 6.54 Å². The normalized spacial score (nSPS) is 25.7. The van der Waals surface area contributed by atoms with Gasteiger partial charge in [-0.3, -0.25) is 4.79 Å². The first-order valence-corrected chi connectivity index (χ1v) is 3.62. The summed E-state index contributed by atoms with van der Waals surface area (Å²) in [6, 6.07) is 0. The van der Waals surface area contributed by atoms with E-state index in [4.69, 9.17) is 0 Å². The van der Waals surface area contributed by atoms with Crippen LogP contribution in [0.25, 0.3) is 0 Å². The van der Waals surface area contributed by atoms with Gasteiger partial charge in [0, 0.05) is 13.0 Å². The predicted molar refractivity (Wildman–Crippen MR) is 40.5 cm³/mol. The molecule has 0 aromatic rings. The third-order valence-corrected chi connectivity index (χ3v) is 1.94. The van der Waals surface area contributed by atoms with Gasteiger partial charge in [-0.1, -0.05) is 12.2 Å². The molecule has 1 atom stereocenters. The number of hydrogen-bond acceptors (Lipinski definition) is 1. The highest BCUT2D eigenvalue weighted by molar-refractivity contribution is 5.77. The molecular weight excluding hydrogens is 126 g/mol. The lowest BCUT2D eigenvalue weighted by Gasteiger charge is -2.21. The van der Waals surface area contributed by atoms with Crippen molar-refractivity contribution in [1.29, 1.82) is 0 Å². The highest BCUT2D eigenvalue weighted by Crippen LogP contribution is 2.19. The first kappa shape index (κ1) is 7.32. The molecule has 0 bridgehead atoms. The molecule has 0 aromatic carbocycles. The second-order valence-electron chi connectivity index (χ2n) is 2.89. The molecule has 10 heavy (non-hydrogen) atoms. The fourth-order valence-electron chi connectivity index (χ4n) is 1.20. The second kappa shape index (κ2) is 2.86. The van der Waals surface area contributed by atoms with Crippen molar-refractivity contribution in [3.8, 4) is 0 Å². The first-order valence-electron chi connectivity index (χ1n) is 3.62. The van der Waals surface area contributed by atoms with Crippen LogP contribution in [-0.2, 0) is 4.79 Å². The Kier molecular flexibility index (Phi) is 2.10. The van der Waals surface area contributed by atoms with E-state index >= 15 is 0 Å². The molecule has 0 radical (unpaired) electrons. The van der Waals surface area contributed by atoms with Gasteiger partial charge in [0.05, 0.1) is 0 Å². The summed E-state index contributed by atoms with van der Waals surface area (Å²) >= 11 is 0. The minimum absolute atomic E-state index is 0.166. The number of amides is 1. The van der Waals surface area contributed by atoms with Crippen LogP contribution in [-0.4, -0.2) is 12.5 Å². The Hall–Kier alpha value is -0.790. The molecule has 0 aliphatic carbocycles. The van der Waals surface area contributed by atoms with Crippen molar-refractivity contribution >= 4 is 5.91 Å². The monoisotopic (exact) mass is 139 g/mol. The largest absolute Gasteiger partial charge is 0.356 e. The minimum Gasteiger partial charge on any atom is -0.356 e. The summed E-state index contributed by atoms with van der Waals surface area (Å²) in [6.07, 6.45) is 1.69. The van der Waals surface area contributed by atoms with Crippen LogP contribution in [0.5, 0.6) is 0 Å². The van der Waals surface area contributed by atoms with Crippen LogP contribution in [0.2, 0.25) is 0 Å². The SMILES string of the molecule is C=C(C)C1CCNC(=O)C1. The van der Waals surface area contributed by atoms with Gasteiger partial charge in [-0.05, 0) is 19.3 Å². The molecule has 0 aromatic heterocycles. The molecule has 1 heterocycles. The van der Waals surface area contributed by atoms with Crippen LogP contribution < -0.4 is 5.32 Å². The van der Waals surface area contributed by atoms with Gasteiger partial charge in [-0.2, -0.15) is 0 Å². The Labute approximate surface area is 61.3 Å². The Morgan fingerprint density at radius 2 is 2.50 bits per heavy atom. The summed E-state index contributed by atoms with van der Waals surface area (Å²) in [7, 11) is 0.